The van der Waals surface area contributed by atoms with Crippen LogP contribution < -0.4 is 14.8 Å². The van der Waals surface area contributed by atoms with E-state index in [0.717, 1.165) is 46.7 Å². The number of hydrogen-bond donors (Lipinski definition) is 2. The summed E-state index contributed by atoms with van der Waals surface area (Å²) in [6.45, 7) is 3.77. The molecule has 0 radical (unpaired) electrons. The molecule has 3 aromatic carbocycles. The second-order valence-electron chi connectivity index (χ2n) is 8.09. The van der Waals surface area contributed by atoms with Crippen LogP contribution in [0.5, 0.6) is 5.75 Å². The molecule has 10 heteroatoms. The molecule has 35 heavy (non-hydrogen) atoms. The van der Waals surface area contributed by atoms with E-state index in [9.17, 15) is 26.4 Å². The third-order valence-corrected chi connectivity index (χ3v) is 6.93. The number of amides is 1. The summed E-state index contributed by atoms with van der Waals surface area (Å²) in [5, 5.41) is 2.71. The number of rotatable bonds is 5. The van der Waals surface area contributed by atoms with Gasteiger partial charge in [-0.3, -0.25) is 9.52 Å². The molecule has 0 saturated carbocycles. The Morgan fingerprint density at radius 3 is 2.17 bits per heavy atom. The monoisotopic (exact) mass is 502 g/mol. The van der Waals surface area contributed by atoms with Crippen molar-refractivity contribution in [3.05, 3.63) is 82.4 Å². The predicted octanol–water partition coefficient (Wildman–Crippen LogP) is 5.62. The first-order valence-electron chi connectivity index (χ1n) is 10.4. The maximum atomic E-state index is 12.9. The van der Waals surface area contributed by atoms with Gasteiger partial charge in [0.05, 0.1) is 17.6 Å². The van der Waals surface area contributed by atoms with E-state index in [-0.39, 0.29) is 22.1 Å². The molecular weight excluding hydrogens is 481 g/mol. The Hall–Kier alpha value is -3.79. The van der Waals surface area contributed by atoms with Gasteiger partial charge >= 0.3 is 6.18 Å². The minimum atomic E-state index is -4.53. The van der Waals surface area contributed by atoms with Gasteiger partial charge in [-0.15, -0.1) is 0 Å². The molecule has 182 valence electrons. The zero-order valence-corrected chi connectivity index (χ0v) is 19.8. The van der Waals surface area contributed by atoms with E-state index in [2.05, 4.69) is 10.0 Å². The molecule has 1 aliphatic rings. The van der Waals surface area contributed by atoms with E-state index >= 15 is 0 Å². The summed E-state index contributed by atoms with van der Waals surface area (Å²) in [5.41, 5.74) is 2.75. The van der Waals surface area contributed by atoms with Gasteiger partial charge < -0.3 is 10.1 Å². The van der Waals surface area contributed by atoms with Crippen LogP contribution in [0.3, 0.4) is 0 Å². The van der Waals surface area contributed by atoms with Gasteiger partial charge in [0.15, 0.2) is 0 Å². The maximum absolute atomic E-state index is 12.9. The maximum Gasteiger partial charge on any atom is 0.416 e. The molecular formula is C25H21F3N2O4S. The molecule has 0 saturated heterocycles. The van der Waals surface area contributed by atoms with Gasteiger partial charge in [-0.25, -0.2) is 8.42 Å². The fourth-order valence-electron chi connectivity index (χ4n) is 3.97. The fourth-order valence-corrected chi connectivity index (χ4v) is 5.06. The highest BCUT2D eigenvalue weighted by Gasteiger charge is 2.30. The molecule has 1 amide bonds. The molecule has 0 bridgehead atoms. The van der Waals surface area contributed by atoms with Crippen molar-refractivity contribution in [3.8, 4) is 5.75 Å². The van der Waals surface area contributed by atoms with Gasteiger partial charge in [0.25, 0.3) is 15.9 Å². The number of halogens is 3. The first-order chi connectivity index (χ1) is 16.4. The summed E-state index contributed by atoms with van der Waals surface area (Å²) in [6, 6.07) is 11.5. The van der Waals surface area contributed by atoms with Crippen molar-refractivity contribution in [2.24, 2.45) is 0 Å². The van der Waals surface area contributed by atoms with Crippen LogP contribution in [0.1, 0.15) is 27.8 Å². The number of aryl methyl sites for hydroxylation is 2. The Balaban J connectivity index is 1.68. The fraction of sp³-hybridized carbons (Fsp3) is 0.160. The number of nitrogens with one attached hydrogen (secondary N) is 2. The highest BCUT2D eigenvalue weighted by Crippen LogP contribution is 2.36. The van der Waals surface area contributed by atoms with E-state index in [0.29, 0.717) is 11.3 Å². The number of carbonyl (C=O) groups excluding carboxylic acids is 1. The van der Waals surface area contributed by atoms with Crippen molar-refractivity contribution < 1.29 is 31.1 Å². The summed E-state index contributed by atoms with van der Waals surface area (Å²) >= 11 is 0. The Kier molecular flexibility index (Phi) is 6.10. The Labute approximate surface area is 200 Å². The predicted molar refractivity (Wildman–Crippen MR) is 128 cm³/mol. The Morgan fingerprint density at radius 2 is 1.60 bits per heavy atom. The lowest BCUT2D eigenvalue weighted by Crippen LogP contribution is -2.13. The minimum Gasteiger partial charge on any atom is -0.496 e. The molecule has 1 aliphatic heterocycles. The standard InChI is InChI=1S/C25H21F3N2O4S/c1-14-10-16(11-15(2)23(14)34-3)12-21-20-13-19(8-9-22(20)29-24(21)31)35(32,33)30-18-6-4-17(5-7-18)25(26,27)28/h4-13,30H,1-3H3,(H,29,31). The lowest BCUT2D eigenvalue weighted by Gasteiger charge is -2.11. The molecule has 0 atom stereocenters. The summed E-state index contributed by atoms with van der Waals surface area (Å²) in [7, 11) is -2.56. The van der Waals surface area contributed by atoms with Crippen LogP contribution in [0, 0.1) is 13.8 Å². The summed E-state index contributed by atoms with van der Waals surface area (Å²) < 4.78 is 71.8. The average Bonchev–Trinajstić information content (AvgIpc) is 3.07. The zero-order chi connectivity index (χ0) is 25.5. The van der Waals surface area contributed by atoms with Crippen LogP contribution >= 0.6 is 0 Å². The average molecular weight is 503 g/mol. The number of anilines is 2. The first kappa shape index (κ1) is 24.3. The molecule has 0 aromatic heterocycles. The molecule has 6 nitrogen and oxygen atoms in total. The lowest BCUT2D eigenvalue weighted by atomic mass is 10.0. The van der Waals surface area contributed by atoms with Crippen molar-refractivity contribution in [1.29, 1.82) is 0 Å². The summed E-state index contributed by atoms with van der Waals surface area (Å²) in [4.78, 5) is 12.5. The minimum absolute atomic E-state index is 0.0207. The second-order valence-corrected chi connectivity index (χ2v) is 9.77. The number of hydrogen-bond acceptors (Lipinski definition) is 4. The Morgan fingerprint density at radius 1 is 0.971 bits per heavy atom. The number of fused-ring (bicyclic) bond motifs is 1. The largest absolute Gasteiger partial charge is 0.496 e. The van der Waals surface area contributed by atoms with Crippen LogP contribution in [0.15, 0.2) is 59.5 Å². The summed E-state index contributed by atoms with van der Waals surface area (Å²) in [6.07, 6.45) is -2.86. The SMILES string of the molecule is COc1c(C)cc(C=C2C(=O)Nc3ccc(S(=O)(=O)Nc4ccc(C(F)(F)F)cc4)cc32)cc1C. The normalized spacial score (nSPS) is 14.6. The second kappa shape index (κ2) is 8.77. The molecule has 4 rings (SSSR count). The lowest BCUT2D eigenvalue weighted by molar-refractivity contribution is -0.137. The van der Waals surface area contributed by atoms with Crippen molar-refractivity contribution in [3.63, 3.8) is 0 Å². The third kappa shape index (κ3) is 4.88. The van der Waals surface area contributed by atoms with E-state index in [1.54, 1.807) is 13.2 Å². The van der Waals surface area contributed by atoms with Gasteiger partial charge in [-0.05, 0) is 91.2 Å². The van der Waals surface area contributed by atoms with Gasteiger partial charge in [0.2, 0.25) is 0 Å². The molecule has 0 fully saturated rings. The molecule has 2 N–H and O–H groups in total. The van der Waals surface area contributed by atoms with Gasteiger partial charge in [0, 0.05) is 22.5 Å². The van der Waals surface area contributed by atoms with Crippen LogP contribution in [0.2, 0.25) is 0 Å². The molecule has 3 aromatic rings. The first-order valence-corrected chi connectivity index (χ1v) is 11.9. The number of benzene rings is 3. The topological polar surface area (TPSA) is 84.5 Å². The smallest absolute Gasteiger partial charge is 0.416 e. The van der Waals surface area contributed by atoms with E-state index < -0.39 is 21.8 Å². The zero-order valence-electron chi connectivity index (χ0n) is 18.9. The van der Waals surface area contributed by atoms with Crippen LogP contribution in [-0.2, 0) is 21.0 Å². The van der Waals surface area contributed by atoms with Crippen LogP contribution in [0.4, 0.5) is 24.5 Å². The van der Waals surface area contributed by atoms with Gasteiger partial charge in [-0.1, -0.05) is 0 Å². The molecule has 0 spiro atoms. The van der Waals surface area contributed by atoms with Crippen molar-refractivity contribution in [2.45, 2.75) is 24.9 Å². The number of alkyl halides is 3. The number of methoxy groups -OCH3 is 1. The highest BCUT2D eigenvalue weighted by molar-refractivity contribution is 7.92. The van der Waals surface area contributed by atoms with Crippen molar-refractivity contribution in [1.82, 2.24) is 0 Å². The van der Waals surface area contributed by atoms with Gasteiger partial charge in [0.1, 0.15) is 5.75 Å². The Bertz CT molecular complexity index is 1440. The van der Waals surface area contributed by atoms with Crippen molar-refractivity contribution >= 4 is 39.0 Å². The molecule has 1 heterocycles. The number of carbonyl (C=O) groups is 1. The highest BCUT2D eigenvalue weighted by atomic mass is 32.2. The van der Waals surface area contributed by atoms with E-state index in [4.69, 9.17) is 4.74 Å². The van der Waals surface area contributed by atoms with Crippen molar-refractivity contribution in [2.75, 3.05) is 17.1 Å². The van der Waals surface area contributed by atoms with Crippen LogP contribution in [-0.4, -0.2) is 21.4 Å². The van der Waals surface area contributed by atoms with E-state index in [1.165, 1.54) is 18.2 Å². The number of ether oxygens (including phenoxy) is 1. The van der Waals surface area contributed by atoms with Gasteiger partial charge in [-0.2, -0.15) is 13.2 Å². The summed E-state index contributed by atoms with van der Waals surface area (Å²) in [5.74, 6) is 0.363. The molecule has 0 unspecified atom stereocenters. The third-order valence-electron chi connectivity index (χ3n) is 5.55. The quantitative estimate of drug-likeness (QED) is 0.444. The van der Waals surface area contributed by atoms with Crippen LogP contribution in [0.25, 0.3) is 11.6 Å². The molecule has 0 aliphatic carbocycles. The van der Waals surface area contributed by atoms with E-state index in [1.807, 2.05) is 26.0 Å². The number of sulfonamides is 1.